The Kier molecular flexibility index (Phi) is 7.88. The fourth-order valence-electron chi connectivity index (χ4n) is 6.38. The molecule has 0 spiro atoms. The Labute approximate surface area is 161 Å². The number of esters is 1. The summed E-state index contributed by atoms with van der Waals surface area (Å²) in [6, 6.07) is 0. The van der Waals surface area contributed by atoms with Gasteiger partial charge in [-0.15, -0.1) is 0 Å². The van der Waals surface area contributed by atoms with Gasteiger partial charge in [-0.3, -0.25) is 4.79 Å². The van der Waals surface area contributed by atoms with Gasteiger partial charge in [-0.05, 0) is 62.7 Å². The van der Waals surface area contributed by atoms with Crippen LogP contribution in [0.2, 0.25) is 0 Å². The predicted molar refractivity (Wildman–Crippen MR) is 108 cm³/mol. The van der Waals surface area contributed by atoms with Crippen LogP contribution in [-0.2, 0) is 9.53 Å². The molecule has 0 aliphatic heterocycles. The average molecular weight is 363 g/mol. The highest BCUT2D eigenvalue weighted by Gasteiger charge is 2.53. The Morgan fingerprint density at radius 3 is 1.62 bits per heavy atom. The molecule has 0 N–H and O–H groups in total. The van der Waals surface area contributed by atoms with Crippen LogP contribution in [0.15, 0.2) is 0 Å². The van der Waals surface area contributed by atoms with Gasteiger partial charge >= 0.3 is 5.97 Å². The summed E-state index contributed by atoms with van der Waals surface area (Å²) in [6.45, 7) is 2.28. The zero-order chi connectivity index (χ0) is 18.2. The Morgan fingerprint density at radius 2 is 1.15 bits per heavy atom. The molecule has 0 saturated heterocycles. The minimum absolute atomic E-state index is 0.0381. The Balaban J connectivity index is 1.19. The molecule has 4 bridgehead atoms. The first-order valence-corrected chi connectivity index (χ1v) is 11.9. The topological polar surface area (TPSA) is 26.3 Å². The van der Waals surface area contributed by atoms with E-state index in [0.29, 0.717) is 6.42 Å². The fraction of sp³-hybridized carbons (Fsp3) is 0.958. The van der Waals surface area contributed by atoms with Crippen molar-refractivity contribution >= 4 is 5.97 Å². The van der Waals surface area contributed by atoms with Gasteiger partial charge in [-0.25, -0.2) is 0 Å². The van der Waals surface area contributed by atoms with E-state index in [9.17, 15) is 4.79 Å². The SMILES string of the molecule is CCCCCCCCCCCCCC(=O)OC12CC3CC(CC(C3)C1)C2. The summed E-state index contributed by atoms with van der Waals surface area (Å²) in [4.78, 5) is 12.4. The first kappa shape index (κ1) is 20.2. The van der Waals surface area contributed by atoms with Crippen molar-refractivity contribution in [1.29, 1.82) is 0 Å². The number of unbranched alkanes of at least 4 members (excludes halogenated alkanes) is 10. The van der Waals surface area contributed by atoms with E-state index in [1.165, 1.54) is 103 Å². The first-order chi connectivity index (χ1) is 12.7. The van der Waals surface area contributed by atoms with Crippen LogP contribution in [0.3, 0.4) is 0 Å². The quantitative estimate of drug-likeness (QED) is 0.256. The van der Waals surface area contributed by atoms with Crippen molar-refractivity contribution in [2.45, 2.75) is 128 Å². The number of carbonyl (C=O) groups is 1. The minimum atomic E-state index is -0.0381. The Hall–Kier alpha value is -0.530. The van der Waals surface area contributed by atoms with Crippen LogP contribution in [0, 0.1) is 17.8 Å². The average Bonchev–Trinajstić information content (AvgIpc) is 2.58. The van der Waals surface area contributed by atoms with Crippen LogP contribution in [-0.4, -0.2) is 11.6 Å². The highest BCUT2D eigenvalue weighted by atomic mass is 16.6. The molecule has 0 unspecified atom stereocenters. The van der Waals surface area contributed by atoms with E-state index in [2.05, 4.69) is 6.92 Å². The summed E-state index contributed by atoms with van der Waals surface area (Å²) in [5.74, 6) is 2.67. The standard InChI is InChI=1S/C24H42O2/c1-2-3-4-5-6-7-8-9-10-11-12-13-23(25)26-24-17-20-14-21(18-24)16-22(15-20)19-24/h20-22H,2-19H2,1H3. The molecule has 0 amide bonds. The van der Waals surface area contributed by atoms with Crippen LogP contribution in [0.4, 0.5) is 0 Å². The summed E-state index contributed by atoms with van der Waals surface area (Å²) < 4.78 is 6.10. The van der Waals surface area contributed by atoms with Crippen molar-refractivity contribution in [1.82, 2.24) is 0 Å². The van der Waals surface area contributed by atoms with E-state index in [4.69, 9.17) is 4.74 Å². The molecule has 4 rings (SSSR count). The van der Waals surface area contributed by atoms with Gasteiger partial charge in [0.15, 0.2) is 0 Å². The third-order valence-corrected chi connectivity index (χ3v) is 7.30. The summed E-state index contributed by atoms with van der Waals surface area (Å²) >= 11 is 0. The lowest BCUT2D eigenvalue weighted by molar-refractivity contribution is -0.186. The predicted octanol–water partition coefficient (Wildman–Crippen LogP) is 7.20. The normalized spacial score (nSPS) is 32.1. The van der Waals surface area contributed by atoms with E-state index in [-0.39, 0.29) is 11.6 Å². The largest absolute Gasteiger partial charge is 0.459 e. The van der Waals surface area contributed by atoms with E-state index < -0.39 is 0 Å². The number of ether oxygens (including phenoxy) is 1. The molecule has 0 heterocycles. The van der Waals surface area contributed by atoms with Gasteiger partial charge in [0.05, 0.1) is 0 Å². The maximum Gasteiger partial charge on any atom is 0.306 e. The second-order valence-electron chi connectivity index (χ2n) is 9.86. The number of hydrogen-bond donors (Lipinski definition) is 0. The molecular formula is C24H42O2. The Bertz CT molecular complexity index is 393. The van der Waals surface area contributed by atoms with Crippen molar-refractivity contribution in [3.05, 3.63) is 0 Å². The van der Waals surface area contributed by atoms with Crippen LogP contribution < -0.4 is 0 Å². The van der Waals surface area contributed by atoms with Crippen LogP contribution in [0.5, 0.6) is 0 Å². The molecule has 4 saturated carbocycles. The first-order valence-electron chi connectivity index (χ1n) is 11.9. The lowest BCUT2D eigenvalue weighted by Crippen LogP contribution is -2.52. The van der Waals surface area contributed by atoms with Gasteiger partial charge in [-0.1, -0.05) is 71.1 Å². The molecule has 150 valence electrons. The van der Waals surface area contributed by atoms with E-state index in [1.807, 2.05) is 0 Å². The van der Waals surface area contributed by atoms with Crippen molar-refractivity contribution in [3.63, 3.8) is 0 Å². The summed E-state index contributed by atoms with van der Waals surface area (Å²) in [5, 5.41) is 0. The zero-order valence-electron chi connectivity index (χ0n) is 17.3. The third-order valence-electron chi connectivity index (χ3n) is 7.30. The molecule has 0 radical (unpaired) electrons. The summed E-state index contributed by atoms with van der Waals surface area (Å²) in [7, 11) is 0. The molecular weight excluding hydrogens is 320 g/mol. The van der Waals surface area contributed by atoms with E-state index in [0.717, 1.165) is 24.2 Å². The Morgan fingerprint density at radius 1 is 0.731 bits per heavy atom. The summed E-state index contributed by atoms with van der Waals surface area (Å²) in [5.41, 5.74) is -0.0381. The van der Waals surface area contributed by atoms with Gasteiger partial charge in [0.2, 0.25) is 0 Å². The van der Waals surface area contributed by atoms with Gasteiger partial charge < -0.3 is 4.74 Å². The maximum absolute atomic E-state index is 12.4. The molecule has 26 heavy (non-hydrogen) atoms. The fourth-order valence-corrected chi connectivity index (χ4v) is 6.38. The lowest BCUT2D eigenvalue weighted by Gasteiger charge is -2.55. The second-order valence-corrected chi connectivity index (χ2v) is 9.86. The van der Waals surface area contributed by atoms with Gasteiger partial charge in [0.1, 0.15) is 5.60 Å². The number of rotatable bonds is 13. The third kappa shape index (κ3) is 5.99. The van der Waals surface area contributed by atoms with Crippen LogP contribution in [0.1, 0.15) is 122 Å². The molecule has 0 aromatic carbocycles. The van der Waals surface area contributed by atoms with Crippen LogP contribution >= 0.6 is 0 Å². The van der Waals surface area contributed by atoms with Gasteiger partial charge in [0, 0.05) is 6.42 Å². The lowest BCUT2D eigenvalue weighted by atomic mass is 9.54. The van der Waals surface area contributed by atoms with Gasteiger partial charge in [-0.2, -0.15) is 0 Å². The number of hydrogen-bond acceptors (Lipinski definition) is 2. The highest BCUT2D eigenvalue weighted by molar-refractivity contribution is 5.70. The van der Waals surface area contributed by atoms with Gasteiger partial charge in [0.25, 0.3) is 0 Å². The van der Waals surface area contributed by atoms with Crippen molar-refractivity contribution < 1.29 is 9.53 Å². The van der Waals surface area contributed by atoms with Crippen molar-refractivity contribution in [3.8, 4) is 0 Å². The molecule has 4 aliphatic carbocycles. The van der Waals surface area contributed by atoms with Crippen molar-refractivity contribution in [2.24, 2.45) is 17.8 Å². The maximum atomic E-state index is 12.4. The van der Waals surface area contributed by atoms with E-state index >= 15 is 0 Å². The molecule has 0 aromatic heterocycles. The monoisotopic (exact) mass is 362 g/mol. The molecule has 0 atom stereocenters. The molecule has 2 nitrogen and oxygen atoms in total. The summed E-state index contributed by atoms with van der Waals surface area (Å²) in [6.07, 6.45) is 23.0. The molecule has 0 aromatic rings. The molecule has 4 fully saturated rings. The van der Waals surface area contributed by atoms with E-state index in [1.54, 1.807) is 0 Å². The number of carbonyl (C=O) groups excluding carboxylic acids is 1. The highest BCUT2D eigenvalue weighted by Crippen LogP contribution is 2.57. The minimum Gasteiger partial charge on any atom is -0.459 e. The zero-order valence-corrected chi connectivity index (χ0v) is 17.3. The second kappa shape index (κ2) is 10.1. The van der Waals surface area contributed by atoms with Crippen LogP contribution in [0.25, 0.3) is 0 Å². The molecule has 4 aliphatic rings. The molecule has 2 heteroatoms. The smallest absolute Gasteiger partial charge is 0.306 e. The van der Waals surface area contributed by atoms with Crippen molar-refractivity contribution in [2.75, 3.05) is 0 Å².